The molecule has 0 aliphatic carbocycles. The van der Waals surface area contributed by atoms with Crippen LogP contribution in [0.1, 0.15) is 16.2 Å². The summed E-state index contributed by atoms with van der Waals surface area (Å²) in [7, 11) is 1.65. The molecule has 3 N–H and O–H groups in total. The van der Waals surface area contributed by atoms with Gasteiger partial charge >= 0.3 is 0 Å². The van der Waals surface area contributed by atoms with Gasteiger partial charge in [-0.1, -0.05) is 0 Å². The molecule has 0 saturated heterocycles. The Balaban J connectivity index is 2.31. The molecule has 0 radical (unpaired) electrons. The van der Waals surface area contributed by atoms with Gasteiger partial charge < -0.3 is 11.1 Å². The number of nitrogens with zero attached hydrogens (tertiary/aromatic N) is 4. The van der Waals surface area contributed by atoms with Gasteiger partial charge in [0.25, 0.3) is 5.91 Å². The lowest BCUT2D eigenvalue weighted by Crippen LogP contribution is -2.18. The molecule has 0 aliphatic heterocycles. The van der Waals surface area contributed by atoms with E-state index in [4.69, 9.17) is 5.73 Å². The third kappa shape index (κ3) is 2.76. The number of rotatable bonds is 2. The number of carbonyl (C=O) groups excluding carboxylic acids is 1. The van der Waals surface area contributed by atoms with Crippen LogP contribution in [0, 0.1) is 6.92 Å². The van der Waals surface area contributed by atoms with E-state index in [1.807, 2.05) is 0 Å². The first kappa shape index (κ1) is 13.9. The molecule has 0 fully saturated rings. The summed E-state index contributed by atoms with van der Waals surface area (Å²) in [5.74, 6) is -0.0793. The molecule has 0 spiro atoms. The standard InChI is InChI=1S/C10H10Br2N6O/c1-4-6(13)7(18(2)17-4)10(19)16-9-8(12)15-5(11)3-14-9/h3H,13H2,1-2H3,(H,14,16,19). The van der Waals surface area contributed by atoms with Gasteiger partial charge in [0.15, 0.2) is 5.82 Å². The van der Waals surface area contributed by atoms with Crippen molar-refractivity contribution in [3.05, 3.63) is 26.8 Å². The van der Waals surface area contributed by atoms with Crippen LogP contribution in [0.5, 0.6) is 0 Å². The quantitative estimate of drug-likeness (QED) is 0.816. The Morgan fingerprint density at radius 1 is 1.47 bits per heavy atom. The Hall–Kier alpha value is -1.48. The number of nitrogens with two attached hydrogens (primary N) is 1. The lowest BCUT2D eigenvalue weighted by molar-refractivity contribution is 0.101. The molecule has 2 aromatic heterocycles. The molecule has 100 valence electrons. The minimum atomic E-state index is -0.391. The van der Waals surface area contributed by atoms with E-state index in [2.05, 4.69) is 52.2 Å². The number of nitrogen functional groups attached to an aromatic ring is 1. The second-order valence-electron chi connectivity index (χ2n) is 3.76. The Labute approximate surface area is 125 Å². The molecule has 0 aromatic carbocycles. The molecule has 7 nitrogen and oxygen atoms in total. The minimum Gasteiger partial charge on any atom is -0.395 e. The van der Waals surface area contributed by atoms with Crippen LogP contribution in [0.3, 0.4) is 0 Å². The van der Waals surface area contributed by atoms with Crippen LogP contribution in [0.4, 0.5) is 11.5 Å². The van der Waals surface area contributed by atoms with Gasteiger partial charge in [-0.25, -0.2) is 9.97 Å². The molecule has 0 atom stereocenters. The van der Waals surface area contributed by atoms with Crippen molar-refractivity contribution < 1.29 is 4.79 Å². The van der Waals surface area contributed by atoms with Crippen LogP contribution in [0.15, 0.2) is 15.4 Å². The number of hydrogen-bond acceptors (Lipinski definition) is 5. The molecule has 2 rings (SSSR count). The first-order chi connectivity index (χ1) is 8.90. The predicted octanol–water partition coefficient (Wildman–Crippen LogP) is 1.88. The smallest absolute Gasteiger partial charge is 0.277 e. The van der Waals surface area contributed by atoms with Gasteiger partial charge in [0.05, 0.1) is 17.6 Å². The maximum absolute atomic E-state index is 12.2. The van der Waals surface area contributed by atoms with Crippen molar-refractivity contribution in [3.8, 4) is 0 Å². The average molecular weight is 390 g/mol. The average Bonchev–Trinajstić information content (AvgIpc) is 2.57. The van der Waals surface area contributed by atoms with Gasteiger partial charge in [-0.3, -0.25) is 9.48 Å². The van der Waals surface area contributed by atoms with E-state index in [0.717, 1.165) is 0 Å². The molecular formula is C10H10Br2N6O. The maximum atomic E-state index is 12.2. The highest BCUT2D eigenvalue weighted by atomic mass is 79.9. The van der Waals surface area contributed by atoms with Gasteiger partial charge in [0, 0.05) is 7.05 Å². The number of halogens is 2. The summed E-state index contributed by atoms with van der Waals surface area (Å²) >= 11 is 6.40. The lowest BCUT2D eigenvalue weighted by Gasteiger charge is -2.06. The summed E-state index contributed by atoms with van der Waals surface area (Å²) in [6, 6.07) is 0. The molecule has 19 heavy (non-hydrogen) atoms. The van der Waals surface area contributed by atoms with Gasteiger partial charge in [-0.2, -0.15) is 5.10 Å². The molecule has 1 amide bonds. The van der Waals surface area contributed by atoms with Crippen molar-refractivity contribution in [2.75, 3.05) is 11.1 Å². The molecular weight excluding hydrogens is 380 g/mol. The molecule has 0 aliphatic rings. The highest BCUT2D eigenvalue weighted by Gasteiger charge is 2.19. The zero-order chi connectivity index (χ0) is 14.2. The Morgan fingerprint density at radius 2 is 2.16 bits per heavy atom. The monoisotopic (exact) mass is 388 g/mol. The minimum absolute atomic E-state index is 0.286. The fraction of sp³-hybridized carbons (Fsp3) is 0.200. The normalized spacial score (nSPS) is 10.5. The zero-order valence-electron chi connectivity index (χ0n) is 10.1. The fourth-order valence-corrected chi connectivity index (χ4v) is 2.45. The number of aromatic nitrogens is 4. The molecule has 2 heterocycles. The molecule has 0 unspecified atom stereocenters. The topological polar surface area (TPSA) is 98.7 Å². The summed E-state index contributed by atoms with van der Waals surface area (Å²) in [5, 5.41) is 6.71. The van der Waals surface area contributed by atoms with Crippen LogP contribution < -0.4 is 11.1 Å². The maximum Gasteiger partial charge on any atom is 0.277 e. The van der Waals surface area contributed by atoms with Crippen molar-refractivity contribution in [2.24, 2.45) is 7.05 Å². The van der Waals surface area contributed by atoms with E-state index in [1.54, 1.807) is 14.0 Å². The van der Waals surface area contributed by atoms with E-state index in [1.165, 1.54) is 10.9 Å². The van der Waals surface area contributed by atoms with Crippen molar-refractivity contribution in [2.45, 2.75) is 6.92 Å². The Kier molecular flexibility index (Phi) is 3.85. The van der Waals surface area contributed by atoms with Crippen LogP contribution in [0.2, 0.25) is 0 Å². The summed E-state index contributed by atoms with van der Waals surface area (Å²) in [4.78, 5) is 20.3. The second-order valence-corrected chi connectivity index (χ2v) is 5.32. The van der Waals surface area contributed by atoms with Crippen LogP contribution in [0.25, 0.3) is 0 Å². The summed E-state index contributed by atoms with van der Waals surface area (Å²) < 4.78 is 2.42. The van der Waals surface area contributed by atoms with Gasteiger partial charge in [-0.15, -0.1) is 0 Å². The molecule has 0 saturated carbocycles. The van der Waals surface area contributed by atoms with Gasteiger partial charge in [0.1, 0.15) is 14.9 Å². The van der Waals surface area contributed by atoms with E-state index < -0.39 is 5.91 Å². The number of aryl methyl sites for hydroxylation is 2. The van der Waals surface area contributed by atoms with Crippen LogP contribution >= 0.6 is 31.9 Å². The Morgan fingerprint density at radius 3 is 2.68 bits per heavy atom. The van der Waals surface area contributed by atoms with E-state index in [9.17, 15) is 4.79 Å². The second kappa shape index (κ2) is 5.25. The fourth-order valence-electron chi connectivity index (χ4n) is 1.54. The highest BCUT2D eigenvalue weighted by molar-refractivity contribution is 9.11. The third-order valence-corrected chi connectivity index (χ3v) is 3.35. The molecule has 0 bridgehead atoms. The van der Waals surface area contributed by atoms with E-state index in [0.29, 0.717) is 26.4 Å². The van der Waals surface area contributed by atoms with Crippen LogP contribution in [-0.2, 0) is 7.05 Å². The summed E-state index contributed by atoms with van der Waals surface area (Å²) in [6.07, 6.45) is 1.48. The highest BCUT2D eigenvalue weighted by Crippen LogP contribution is 2.21. The summed E-state index contributed by atoms with van der Waals surface area (Å²) in [6.45, 7) is 1.74. The largest absolute Gasteiger partial charge is 0.395 e. The van der Waals surface area contributed by atoms with Crippen molar-refractivity contribution in [1.29, 1.82) is 0 Å². The summed E-state index contributed by atoms with van der Waals surface area (Å²) in [5.41, 5.74) is 7.06. The van der Waals surface area contributed by atoms with E-state index >= 15 is 0 Å². The van der Waals surface area contributed by atoms with Gasteiger partial charge in [-0.05, 0) is 38.8 Å². The number of amides is 1. The first-order valence-electron chi connectivity index (χ1n) is 5.18. The number of carbonyl (C=O) groups is 1. The molecule has 9 heteroatoms. The first-order valence-corrected chi connectivity index (χ1v) is 6.77. The van der Waals surface area contributed by atoms with Gasteiger partial charge in [0.2, 0.25) is 0 Å². The van der Waals surface area contributed by atoms with Crippen molar-refractivity contribution in [1.82, 2.24) is 19.7 Å². The van der Waals surface area contributed by atoms with Crippen molar-refractivity contribution >= 4 is 49.3 Å². The van der Waals surface area contributed by atoms with Crippen molar-refractivity contribution in [3.63, 3.8) is 0 Å². The van der Waals surface area contributed by atoms with E-state index in [-0.39, 0.29) is 5.69 Å². The SMILES string of the molecule is Cc1nn(C)c(C(=O)Nc2ncc(Br)nc2Br)c1N. The molecule has 2 aromatic rings. The Bertz CT molecular complexity index is 654. The predicted molar refractivity (Wildman–Crippen MR) is 77.7 cm³/mol. The third-order valence-electron chi connectivity index (χ3n) is 2.42. The lowest BCUT2D eigenvalue weighted by atomic mass is 10.3. The number of nitrogens with one attached hydrogen (secondary N) is 1. The van der Waals surface area contributed by atoms with Crippen LogP contribution in [-0.4, -0.2) is 25.7 Å². The zero-order valence-corrected chi connectivity index (χ0v) is 13.3. The number of hydrogen-bond donors (Lipinski definition) is 2. The number of anilines is 2.